The average molecular weight is 321 g/mol. The molecular formula is C15H15NO5S. The molecule has 22 heavy (non-hydrogen) atoms. The lowest BCUT2D eigenvalue weighted by molar-refractivity contribution is 0.0698. The third kappa shape index (κ3) is 3.20. The van der Waals surface area contributed by atoms with Gasteiger partial charge in [0.05, 0.1) is 19.8 Å². The summed E-state index contributed by atoms with van der Waals surface area (Å²) in [5.74, 6) is -0.550. The molecule has 2 N–H and O–H groups in total. The van der Waals surface area contributed by atoms with E-state index in [0.717, 1.165) is 4.88 Å². The second-order valence-corrected chi connectivity index (χ2v) is 5.69. The number of anilines is 1. The Hall–Kier alpha value is -2.54. The molecule has 0 aliphatic carbocycles. The number of hydrogen-bond donors (Lipinski definition) is 2. The van der Waals surface area contributed by atoms with Crippen LogP contribution in [-0.2, 0) is 0 Å². The summed E-state index contributed by atoms with van der Waals surface area (Å²) in [4.78, 5) is 24.2. The van der Waals surface area contributed by atoms with Gasteiger partial charge in [-0.1, -0.05) is 0 Å². The van der Waals surface area contributed by atoms with Crippen molar-refractivity contribution in [3.63, 3.8) is 0 Å². The number of aromatic carboxylic acids is 1. The van der Waals surface area contributed by atoms with Gasteiger partial charge in [-0.2, -0.15) is 0 Å². The molecule has 0 aliphatic heterocycles. The maximum absolute atomic E-state index is 12.3. The van der Waals surface area contributed by atoms with Crippen molar-refractivity contribution in [2.24, 2.45) is 0 Å². The number of ether oxygens (including phenoxy) is 2. The van der Waals surface area contributed by atoms with Crippen molar-refractivity contribution in [3.05, 3.63) is 40.3 Å². The molecule has 2 aromatic rings. The van der Waals surface area contributed by atoms with Crippen molar-refractivity contribution in [1.29, 1.82) is 0 Å². The van der Waals surface area contributed by atoms with E-state index in [2.05, 4.69) is 5.32 Å². The molecule has 1 aromatic heterocycles. The van der Waals surface area contributed by atoms with E-state index in [0.29, 0.717) is 22.1 Å². The van der Waals surface area contributed by atoms with Crippen molar-refractivity contribution in [3.8, 4) is 11.5 Å². The maximum Gasteiger partial charge on any atom is 0.338 e. The van der Waals surface area contributed by atoms with Crippen molar-refractivity contribution in [2.75, 3.05) is 19.5 Å². The van der Waals surface area contributed by atoms with Gasteiger partial charge >= 0.3 is 5.97 Å². The van der Waals surface area contributed by atoms with Gasteiger partial charge in [0, 0.05) is 10.4 Å². The predicted molar refractivity (Wildman–Crippen MR) is 83.5 cm³/mol. The fourth-order valence-electron chi connectivity index (χ4n) is 1.92. The highest BCUT2D eigenvalue weighted by Gasteiger charge is 2.17. The summed E-state index contributed by atoms with van der Waals surface area (Å²) >= 11 is 1.21. The zero-order chi connectivity index (χ0) is 16.3. The van der Waals surface area contributed by atoms with E-state index in [9.17, 15) is 9.59 Å². The number of amides is 1. The molecule has 0 atom stereocenters. The van der Waals surface area contributed by atoms with Crippen molar-refractivity contribution in [2.45, 2.75) is 6.92 Å². The van der Waals surface area contributed by atoms with E-state index in [1.54, 1.807) is 19.1 Å². The van der Waals surface area contributed by atoms with Gasteiger partial charge in [0.15, 0.2) is 11.5 Å². The van der Waals surface area contributed by atoms with Crippen LogP contribution in [0.25, 0.3) is 0 Å². The number of nitrogens with one attached hydrogen (secondary N) is 1. The van der Waals surface area contributed by atoms with Crippen molar-refractivity contribution >= 4 is 28.2 Å². The van der Waals surface area contributed by atoms with Crippen LogP contribution < -0.4 is 14.8 Å². The summed E-state index contributed by atoms with van der Waals surface area (Å²) < 4.78 is 10.3. The number of carboxylic acids is 1. The first-order valence-electron chi connectivity index (χ1n) is 6.33. The number of hydrogen-bond acceptors (Lipinski definition) is 5. The van der Waals surface area contributed by atoms with Gasteiger partial charge in [0.1, 0.15) is 5.00 Å². The first-order chi connectivity index (χ1) is 10.5. The Morgan fingerprint density at radius 1 is 1.14 bits per heavy atom. The first kappa shape index (κ1) is 15.8. The monoisotopic (exact) mass is 321 g/mol. The van der Waals surface area contributed by atoms with Crippen LogP contribution >= 0.6 is 11.3 Å². The second-order valence-electron chi connectivity index (χ2n) is 4.43. The SMILES string of the molecule is COc1ccc(C(=O)Nc2sc(C)cc2C(=O)O)cc1OC. The number of carboxylic acid groups (broad SMARTS) is 1. The molecular weight excluding hydrogens is 306 g/mol. The Bertz CT molecular complexity index is 723. The second kappa shape index (κ2) is 6.48. The van der Waals surface area contributed by atoms with Crippen molar-refractivity contribution < 1.29 is 24.2 Å². The Morgan fingerprint density at radius 3 is 2.41 bits per heavy atom. The number of aryl methyl sites for hydroxylation is 1. The maximum atomic E-state index is 12.3. The van der Waals surface area contributed by atoms with Gasteiger partial charge in [0.2, 0.25) is 0 Å². The summed E-state index contributed by atoms with van der Waals surface area (Å²) in [5, 5.41) is 12.1. The quantitative estimate of drug-likeness (QED) is 0.884. The highest BCUT2D eigenvalue weighted by molar-refractivity contribution is 7.16. The largest absolute Gasteiger partial charge is 0.493 e. The minimum absolute atomic E-state index is 0.0799. The average Bonchev–Trinajstić information content (AvgIpc) is 2.87. The summed E-state index contributed by atoms with van der Waals surface area (Å²) in [6, 6.07) is 6.26. The molecule has 0 radical (unpaired) electrons. The van der Waals surface area contributed by atoms with Crippen LogP contribution in [0.2, 0.25) is 0 Å². The molecule has 0 saturated heterocycles. The van der Waals surface area contributed by atoms with Crippen LogP contribution in [0.1, 0.15) is 25.6 Å². The summed E-state index contributed by atoms with van der Waals surface area (Å²) in [6.07, 6.45) is 0. The third-order valence-corrected chi connectivity index (χ3v) is 3.92. The Kier molecular flexibility index (Phi) is 4.67. The molecule has 0 fully saturated rings. The number of carbonyl (C=O) groups excluding carboxylic acids is 1. The van der Waals surface area contributed by atoms with E-state index in [4.69, 9.17) is 14.6 Å². The summed E-state index contributed by atoms with van der Waals surface area (Å²) in [5.41, 5.74) is 0.427. The molecule has 0 unspecified atom stereocenters. The van der Waals surface area contributed by atoms with Gasteiger partial charge in [-0.25, -0.2) is 4.79 Å². The lowest BCUT2D eigenvalue weighted by atomic mass is 10.2. The van der Waals surface area contributed by atoms with Gasteiger partial charge in [-0.15, -0.1) is 11.3 Å². The lowest BCUT2D eigenvalue weighted by Gasteiger charge is -2.09. The normalized spacial score (nSPS) is 10.1. The fraction of sp³-hybridized carbons (Fsp3) is 0.200. The highest BCUT2D eigenvalue weighted by atomic mass is 32.1. The molecule has 1 heterocycles. The smallest absolute Gasteiger partial charge is 0.338 e. The van der Waals surface area contributed by atoms with E-state index >= 15 is 0 Å². The Morgan fingerprint density at radius 2 is 1.82 bits per heavy atom. The highest BCUT2D eigenvalue weighted by Crippen LogP contribution is 2.30. The van der Waals surface area contributed by atoms with Crippen LogP contribution in [0.5, 0.6) is 11.5 Å². The van der Waals surface area contributed by atoms with E-state index < -0.39 is 11.9 Å². The van der Waals surface area contributed by atoms with Crippen LogP contribution in [-0.4, -0.2) is 31.2 Å². The predicted octanol–water partition coefficient (Wildman–Crippen LogP) is 3.02. The van der Waals surface area contributed by atoms with Crippen LogP contribution in [0, 0.1) is 6.92 Å². The number of carbonyl (C=O) groups is 2. The van der Waals surface area contributed by atoms with Crippen molar-refractivity contribution in [1.82, 2.24) is 0 Å². The number of benzene rings is 1. The first-order valence-corrected chi connectivity index (χ1v) is 7.15. The summed E-state index contributed by atoms with van der Waals surface area (Å²) in [7, 11) is 2.98. The number of rotatable bonds is 5. The molecule has 116 valence electrons. The number of thiophene rings is 1. The molecule has 2 rings (SSSR count). The topological polar surface area (TPSA) is 84.9 Å². The Labute approximate surface area is 131 Å². The van der Waals surface area contributed by atoms with Crippen LogP contribution in [0.3, 0.4) is 0 Å². The fourth-order valence-corrected chi connectivity index (χ4v) is 2.82. The summed E-state index contributed by atoms with van der Waals surface area (Å²) in [6.45, 7) is 1.78. The third-order valence-electron chi connectivity index (χ3n) is 2.96. The van der Waals surface area contributed by atoms with Gasteiger partial charge in [-0.3, -0.25) is 4.79 Å². The zero-order valence-electron chi connectivity index (χ0n) is 12.3. The molecule has 0 spiro atoms. The molecule has 7 heteroatoms. The minimum atomic E-state index is -1.08. The minimum Gasteiger partial charge on any atom is -0.493 e. The molecule has 0 saturated carbocycles. The van der Waals surface area contributed by atoms with E-state index in [1.165, 1.54) is 37.7 Å². The van der Waals surface area contributed by atoms with Gasteiger partial charge in [-0.05, 0) is 31.2 Å². The zero-order valence-corrected chi connectivity index (χ0v) is 13.1. The van der Waals surface area contributed by atoms with Crippen LogP contribution in [0.4, 0.5) is 5.00 Å². The molecule has 6 nitrogen and oxygen atoms in total. The van der Waals surface area contributed by atoms with Crippen LogP contribution in [0.15, 0.2) is 24.3 Å². The molecule has 1 aromatic carbocycles. The van der Waals surface area contributed by atoms with Gasteiger partial charge in [0.25, 0.3) is 5.91 Å². The standard InChI is InChI=1S/C15H15NO5S/c1-8-6-10(15(18)19)14(22-8)16-13(17)9-4-5-11(20-2)12(7-9)21-3/h4-7H,1-3H3,(H,16,17)(H,18,19). The van der Waals surface area contributed by atoms with E-state index in [1.807, 2.05) is 0 Å². The molecule has 0 aliphatic rings. The Balaban J connectivity index is 2.28. The lowest BCUT2D eigenvalue weighted by Crippen LogP contribution is -2.13. The van der Waals surface area contributed by atoms with Gasteiger partial charge < -0.3 is 19.9 Å². The van der Waals surface area contributed by atoms with E-state index in [-0.39, 0.29) is 5.56 Å². The number of methoxy groups -OCH3 is 2. The molecule has 0 bridgehead atoms. The molecule has 1 amide bonds.